The largest absolute Gasteiger partial charge is 0.374 e. The van der Waals surface area contributed by atoms with E-state index in [1.807, 2.05) is 0 Å². The summed E-state index contributed by atoms with van der Waals surface area (Å²) in [4.78, 5) is 2.43. The van der Waals surface area contributed by atoms with Gasteiger partial charge < -0.3 is 10.5 Å². The van der Waals surface area contributed by atoms with E-state index in [1.165, 1.54) is 5.56 Å². The van der Waals surface area contributed by atoms with Crippen LogP contribution in [0.5, 0.6) is 0 Å². The normalized spacial score (nSPS) is 23.5. The maximum Gasteiger partial charge on any atom is 0.0853 e. The van der Waals surface area contributed by atoms with Crippen molar-refractivity contribution in [2.45, 2.75) is 32.0 Å². The molecule has 17 heavy (non-hydrogen) atoms. The monoisotopic (exact) mass is 234 g/mol. The third kappa shape index (κ3) is 3.53. The van der Waals surface area contributed by atoms with E-state index in [0.29, 0.717) is 0 Å². The van der Waals surface area contributed by atoms with Crippen molar-refractivity contribution in [2.24, 2.45) is 5.73 Å². The molecule has 1 heterocycles. The third-order valence-electron chi connectivity index (χ3n) is 3.38. The standard InChI is InChI=1S/C14H22N2O/c1-2-13(15)14-11-16(8-9-17-14)10-12-6-4-3-5-7-12/h3-7,13-14H,2,8-11,15H2,1H3/t13-,14+/m0/s1. The Bertz CT molecular complexity index is 328. The minimum Gasteiger partial charge on any atom is -0.374 e. The molecule has 2 atom stereocenters. The Morgan fingerprint density at radius 3 is 2.88 bits per heavy atom. The van der Waals surface area contributed by atoms with E-state index in [2.05, 4.69) is 42.2 Å². The minimum absolute atomic E-state index is 0.161. The first-order valence-electron chi connectivity index (χ1n) is 6.43. The highest BCUT2D eigenvalue weighted by Gasteiger charge is 2.24. The highest BCUT2D eigenvalue weighted by Crippen LogP contribution is 2.13. The molecule has 1 saturated heterocycles. The summed E-state index contributed by atoms with van der Waals surface area (Å²) < 4.78 is 5.73. The smallest absolute Gasteiger partial charge is 0.0853 e. The highest BCUT2D eigenvalue weighted by molar-refractivity contribution is 5.14. The molecule has 2 rings (SSSR count). The first-order chi connectivity index (χ1) is 8.29. The van der Waals surface area contributed by atoms with E-state index in [4.69, 9.17) is 10.5 Å². The number of nitrogens with zero attached hydrogens (tertiary/aromatic N) is 1. The van der Waals surface area contributed by atoms with Crippen molar-refractivity contribution >= 4 is 0 Å². The third-order valence-corrected chi connectivity index (χ3v) is 3.38. The summed E-state index contributed by atoms with van der Waals surface area (Å²) in [7, 11) is 0. The second-order valence-corrected chi connectivity index (χ2v) is 4.70. The van der Waals surface area contributed by atoms with Crippen molar-refractivity contribution in [1.82, 2.24) is 4.90 Å². The Morgan fingerprint density at radius 1 is 1.41 bits per heavy atom. The molecule has 0 aliphatic carbocycles. The second-order valence-electron chi connectivity index (χ2n) is 4.70. The predicted octanol–water partition coefficient (Wildman–Crippen LogP) is 1.62. The van der Waals surface area contributed by atoms with Gasteiger partial charge in [0.15, 0.2) is 0 Å². The minimum atomic E-state index is 0.161. The molecule has 1 fully saturated rings. The van der Waals surface area contributed by atoms with Gasteiger partial charge in [0, 0.05) is 25.7 Å². The number of benzene rings is 1. The molecule has 0 spiro atoms. The lowest BCUT2D eigenvalue weighted by atomic mass is 10.1. The van der Waals surface area contributed by atoms with E-state index in [-0.39, 0.29) is 12.1 Å². The summed E-state index contributed by atoms with van der Waals surface area (Å²) in [6.45, 7) is 5.86. The topological polar surface area (TPSA) is 38.5 Å². The average Bonchev–Trinajstić information content (AvgIpc) is 2.39. The number of hydrogen-bond donors (Lipinski definition) is 1. The zero-order valence-electron chi connectivity index (χ0n) is 10.5. The van der Waals surface area contributed by atoms with Crippen LogP contribution in [0.15, 0.2) is 30.3 Å². The van der Waals surface area contributed by atoms with Gasteiger partial charge >= 0.3 is 0 Å². The van der Waals surface area contributed by atoms with E-state index < -0.39 is 0 Å². The van der Waals surface area contributed by atoms with Crippen molar-refractivity contribution in [3.63, 3.8) is 0 Å². The summed E-state index contributed by atoms with van der Waals surface area (Å²) in [5, 5.41) is 0. The van der Waals surface area contributed by atoms with E-state index in [9.17, 15) is 0 Å². The Morgan fingerprint density at radius 2 is 2.18 bits per heavy atom. The van der Waals surface area contributed by atoms with E-state index in [1.54, 1.807) is 0 Å². The number of ether oxygens (including phenoxy) is 1. The predicted molar refractivity (Wildman–Crippen MR) is 69.7 cm³/mol. The molecular formula is C14H22N2O. The van der Waals surface area contributed by atoms with Gasteiger partial charge in [-0.3, -0.25) is 4.90 Å². The Hall–Kier alpha value is -0.900. The summed E-state index contributed by atoms with van der Waals surface area (Å²) >= 11 is 0. The molecule has 3 heteroatoms. The van der Waals surface area contributed by atoms with Gasteiger partial charge in [0.25, 0.3) is 0 Å². The maximum absolute atomic E-state index is 6.05. The van der Waals surface area contributed by atoms with Gasteiger partial charge in [-0.1, -0.05) is 37.3 Å². The van der Waals surface area contributed by atoms with Crippen molar-refractivity contribution < 1.29 is 4.74 Å². The van der Waals surface area contributed by atoms with Gasteiger partial charge in [0.1, 0.15) is 0 Å². The Kier molecular flexibility index (Phi) is 4.54. The van der Waals surface area contributed by atoms with Crippen molar-refractivity contribution in [3.8, 4) is 0 Å². The zero-order chi connectivity index (χ0) is 12.1. The Labute approximate surface area is 104 Å². The quantitative estimate of drug-likeness (QED) is 0.860. The number of morpholine rings is 1. The number of rotatable bonds is 4. The van der Waals surface area contributed by atoms with Crippen LogP contribution in [-0.4, -0.2) is 36.7 Å². The van der Waals surface area contributed by atoms with Crippen LogP contribution < -0.4 is 5.73 Å². The van der Waals surface area contributed by atoms with Crippen molar-refractivity contribution in [2.75, 3.05) is 19.7 Å². The summed E-state index contributed by atoms with van der Waals surface area (Å²) in [5.74, 6) is 0. The second kappa shape index (κ2) is 6.15. The number of nitrogens with two attached hydrogens (primary N) is 1. The van der Waals surface area contributed by atoms with Crippen LogP contribution >= 0.6 is 0 Å². The lowest BCUT2D eigenvalue weighted by molar-refractivity contribution is -0.0434. The van der Waals surface area contributed by atoms with Crippen LogP contribution in [-0.2, 0) is 11.3 Å². The van der Waals surface area contributed by atoms with Crippen molar-refractivity contribution in [3.05, 3.63) is 35.9 Å². The van der Waals surface area contributed by atoms with Gasteiger partial charge in [-0.2, -0.15) is 0 Å². The summed E-state index contributed by atoms with van der Waals surface area (Å²) in [6, 6.07) is 10.7. The fourth-order valence-electron chi connectivity index (χ4n) is 2.24. The molecule has 1 aromatic rings. The van der Waals surface area contributed by atoms with Gasteiger partial charge in [-0.25, -0.2) is 0 Å². The molecule has 0 amide bonds. The van der Waals surface area contributed by atoms with Gasteiger partial charge in [-0.15, -0.1) is 0 Å². The summed E-state index contributed by atoms with van der Waals surface area (Å²) in [6.07, 6.45) is 1.17. The highest BCUT2D eigenvalue weighted by atomic mass is 16.5. The van der Waals surface area contributed by atoms with Crippen LogP contribution in [0.25, 0.3) is 0 Å². The zero-order valence-corrected chi connectivity index (χ0v) is 10.5. The van der Waals surface area contributed by atoms with E-state index >= 15 is 0 Å². The lowest BCUT2D eigenvalue weighted by Crippen LogP contribution is -2.50. The molecular weight excluding hydrogens is 212 g/mol. The first-order valence-corrected chi connectivity index (χ1v) is 6.43. The first kappa shape index (κ1) is 12.6. The van der Waals surface area contributed by atoms with Crippen LogP contribution in [0.2, 0.25) is 0 Å². The molecule has 94 valence electrons. The lowest BCUT2D eigenvalue weighted by Gasteiger charge is -2.35. The molecule has 3 nitrogen and oxygen atoms in total. The maximum atomic E-state index is 6.05. The van der Waals surface area contributed by atoms with Crippen LogP contribution in [0.4, 0.5) is 0 Å². The molecule has 2 N–H and O–H groups in total. The SMILES string of the molecule is CC[C@H](N)[C@H]1CN(Cc2ccccc2)CCO1. The molecule has 0 aromatic heterocycles. The van der Waals surface area contributed by atoms with E-state index in [0.717, 1.165) is 32.7 Å². The molecule has 0 saturated carbocycles. The fraction of sp³-hybridized carbons (Fsp3) is 0.571. The molecule has 1 aliphatic heterocycles. The molecule has 0 unspecified atom stereocenters. The van der Waals surface area contributed by atoms with Crippen LogP contribution in [0.1, 0.15) is 18.9 Å². The number of hydrogen-bond acceptors (Lipinski definition) is 3. The van der Waals surface area contributed by atoms with Gasteiger partial charge in [0.05, 0.1) is 12.7 Å². The molecule has 0 bridgehead atoms. The van der Waals surface area contributed by atoms with Crippen molar-refractivity contribution in [1.29, 1.82) is 0 Å². The van der Waals surface area contributed by atoms with Gasteiger partial charge in [-0.05, 0) is 12.0 Å². The fourth-order valence-corrected chi connectivity index (χ4v) is 2.24. The molecule has 1 aliphatic rings. The Balaban J connectivity index is 1.89. The molecule has 1 aromatic carbocycles. The molecule has 0 radical (unpaired) electrons. The summed E-state index contributed by atoms with van der Waals surface area (Å²) in [5.41, 5.74) is 7.41. The van der Waals surface area contributed by atoms with Gasteiger partial charge in [0.2, 0.25) is 0 Å². The van der Waals surface area contributed by atoms with Crippen LogP contribution in [0, 0.1) is 0 Å². The van der Waals surface area contributed by atoms with Crippen LogP contribution in [0.3, 0.4) is 0 Å². The average molecular weight is 234 g/mol.